The van der Waals surface area contributed by atoms with E-state index in [1.165, 1.54) is 11.3 Å². The van der Waals surface area contributed by atoms with Crippen molar-refractivity contribution in [2.24, 2.45) is 22.2 Å². The second kappa shape index (κ2) is 11.2. The minimum atomic E-state index is -0.692. The summed E-state index contributed by atoms with van der Waals surface area (Å²) in [6, 6.07) is 7.59. The number of thiazole rings is 1. The van der Waals surface area contributed by atoms with Crippen LogP contribution in [0.3, 0.4) is 0 Å². The van der Waals surface area contributed by atoms with Crippen LogP contribution in [0.15, 0.2) is 24.3 Å². The molecule has 1 aromatic carbocycles. The average Bonchev–Trinajstić information content (AvgIpc) is 3.27. The van der Waals surface area contributed by atoms with Crippen LogP contribution in [0.1, 0.15) is 82.4 Å². The molecule has 0 aliphatic heterocycles. The molecule has 0 unspecified atom stereocenters. The topological polar surface area (TPSA) is 121 Å². The van der Waals surface area contributed by atoms with Gasteiger partial charge in [0.05, 0.1) is 25.5 Å². The predicted molar refractivity (Wildman–Crippen MR) is 153 cm³/mol. The van der Waals surface area contributed by atoms with Gasteiger partial charge in [-0.05, 0) is 53.7 Å². The zero-order valence-electron chi connectivity index (χ0n) is 24.0. The van der Waals surface area contributed by atoms with Gasteiger partial charge < -0.3 is 25.6 Å². The van der Waals surface area contributed by atoms with Crippen LogP contribution in [0.5, 0.6) is 5.75 Å². The number of nitrogens with one attached hydrogen (secondary N) is 2. The number of hydrogen-bond acceptors (Lipinski definition) is 7. The van der Waals surface area contributed by atoms with Gasteiger partial charge >= 0.3 is 0 Å². The van der Waals surface area contributed by atoms with Gasteiger partial charge in [-0.15, -0.1) is 11.3 Å². The molecule has 0 radical (unpaired) electrons. The van der Waals surface area contributed by atoms with Gasteiger partial charge in [-0.25, -0.2) is 4.98 Å². The fourth-order valence-electron chi connectivity index (χ4n) is 6.55. The van der Waals surface area contributed by atoms with E-state index >= 15 is 0 Å². The van der Waals surface area contributed by atoms with Gasteiger partial charge in [-0.1, -0.05) is 46.8 Å². The third-order valence-electron chi connectivity index (χ3n) is 8.87. The molecule has 0 saturated heterocycles. The second-order valence-corrected chi connectivity index (χ2v) is 14.1. The van der Waals surface area contributed by atoms with Crippen LogP contribution >= 0.6 is 11.3 Å². The molecule has 2 aliphatic carbocycles. The molecule has 5 atom stereocenters. The Morgan fingerprint density at radius 2 is 1.87 bits per heavy atom. The maximum Gasteiger partial charge on any atom is 0.226 e. The van der Waals surface area contributed by atoms with Gasteiger partial charge in [0, 0.05) is 35.6 Å². The van der Waals surface area contributed by atoms with E-state index in [-0.39, 0.29) is 47.5 Å². The number of hydrogen-bond donors (Lipinski definition) is 4. The molecule has 1 aromatic heterocycles. The molecule has 1 saturated carbocycles. The Bertz CT molecular complexity index is 1190. The van der Waals surface area contributed by atoms with E-state index in [0.717, 1.165) is 28.3 Å². The summed E-state index contributed by atoms with van der Waals surface area (Å²) in [7, 11) is 1.62. The van der Waals surface area contributed by atoms with E-state index in [1.807, 2.05) is 52.0 Å². The SMILES string of the molecule is COc1ccc(CNC(=O)C[C@@H]2c3nc(NC(=O)CC(C)(C)C)sc3C[C@@H]3[C@](C)(CO)[C@H](O)CC[C@]32C)cc1. The van der Waals surface area contributed by atoms with E-state index in [4.69, 9.17) is 9.72 Å². The molecule has 4 N–H and O–H groups in total. The molecule has 4 rings (SSSR count). The number of anilines is 1. The van der Waals surface area contributed by atoms with Gasteiger partial charge in [0.2, 0.25) is 11.8 Å². The first kappa shape index (κ1) is 29.5. The summed E-state index contributed by atoms with van der Waals surface area (Å²) in [6.45, 7) is 10.5. The number of aromatic nitrogens is 1. The molecule has 2 aromatic rings. The van der Waals surface area contributed by atoms with Crippen molar-refractivity contribution in [3.8, 4) is 5.75 Å². The number of nitrogens with zero attached hydrogens (tertiary/aromatic N) is 1. The van der Waals surface area contributed by atoms with Crippen LogP contribution in [0.4, 0.5) is 5.13 Å². The lowest BCUT2D eigenvalue weighted by atomic mass is 9.47. The zero-order valence-corrected chi connectivity index (χ0v) is 24.8. The molecular weight excluding hydrogens is 514 g/mol. The Morgan fingerprint density at radius 1 is 1.18 bits per heavy atom. The van der Waals surface area contributed by atoms with E-state index in [0.29, 0.717) is 30.9 Å². The minimum absolute atomic E-state index is 0.0378. The highest BCUT2D eigenvalue weighted by atomic mass is 32.1. The Morgan fingerprint density at radius 3 is 2.49 bits per heavy atom. The smallest absolute Gasteiger partial charge is 0.226 e. The molecule has 2 amide bonds. The number of rotatable bonds is 8. The van der Waals surface area contributed by atoms with Crippen molar-refractivity contribution in [1.82, 2.24) is 10.3 Å². The van der Waals surface area contributed by atoms with Crippen LogP contribution < -0.4 is 15.4 Å². The molecule has 0 bridgehead atoms. The molecule has 9 heteroatoms. The van der Waals surface area contributed by atoms with Crippen LogP contribution in [-0.4, -0.2) is 46.8 Å². The molecule has 8 nitrogen and oxygen atoms in total. The molecule has 1 fully saturated rings. The van der Waals surface area contributed by atoms with Gasteiger partial charge in [-0.2, -0.15) is 0 Å². The molecule has 1 heterocycles. The van der Waals surface area contributed by atoms with Crippen molar-refractivity contribution in [2.75, 3.05) is 19.0 Å². The van der Waals surface area contributed by atoms with Crippen molar-refractivity contribution in [1.29, 1.82) is 0 Å². The highest BCUT2D eigenvalue weighted by Gasteiger charge is 2.59. The van der Waals surface area contributed by atoms with Crippen LogP contribution in [0.2, 0.25) is 0 Å². The number of methoxy groups -OCH3 is 1. The van der Waals surface area contributed by atoms with E-state index in [2.05, 4.69) is 17.6 Å². The third-order valence-corrected chi connectivity index (χ3v) is 9.88. The lowest BCUT2D eigenvalue weighted by molar-refractivity contribution is -0.144. The van der Waals surface area contributed by atoms with E-state index < -0.39 is 11.5 Å². The Kier molecular flexibility index (Phi) is 8.45. The quantitative estimate of drug-likeness (QED) is 0.375. The molecule has 0 spiro atoms. The number of aliphatic hydroxyl groups is 2. The van der Waals surface area contributed by atoms with Crippen molar-refractivity contribution < 1.29 is 24.5 Å². The molecule has 39 heavy (non-hydrogen) atoms. The second-order valence-electron chi connectivity index (χ2n) is 13.0. The van der Waals surface area contributed by atoms with Crippen molar-refractivity contribution in [2.45, 2.75) is 85.3 Å². The maximum atomic E-state index is 13.3. The summed E-state index contributed by atoms with van der Waals surface area (Å²) in [4.78, 5) is 31.9. The number of benzene rings is 1. The van der Waals surface area contributed by atoms with E-state index in [9.17, 15) is 19.8 Å². The standard InChI is InChI=1S/C30H43N3O5S/c1-28(2,3)15-25(37)32-27-33-26-20(13-24(36)31-16-18-7-9-19(38-6)10-8-18)29(4)12-11-23(35)30(5,17-34)22(29)14-21(26)39-27/h7-10,20,22-23,34-35H,11-17H2,1-6H3,(H,31,36)(H,32,33,37)/t20-,22+,23-,29+,30+/m1/s1. The average molecular weight is 558 g/mol. The number of aliphatic hydroxyl groups excluding tert-OH is 2. The Labute approximate surface area is 235 Å². The summed E-state index contributed by atoms with van der Waals surface area (Å²) in [5.41, 5.74) is 0.654. The predicted octanol–water partition coefficient (Wildman–Crippen LogP) is 4.65. The zero-order chi connectivity index (χ0) is 28.6. The number of amides is 2. The summed E-state index contributed by atoms with van der Waals surface area (Å²) >= 11 is 1.45. The van der Waals surface area contributed by atoms with Crippen molar-refractivity contribution in [3.63, 3.8) is 0 Å². The van der Waals surface area contributed by atoms with Gasteiger partial charge in [0.15, 0.2) is 5.13 Å². The summed E-state index contributed by atoms with van der Waals surface area (Å²) < 4.78 is 5.22. The van der Waals surface area contributed by atoms with Gasteiger partial charge in [0.25, 0.3) is 0 Å². The Hall–Kier alpha value is -2.49. The molecule has 2 aliphatic rings. The number of ether oxygens (including phenoxy) is 1. The maximum absolute atomic E-state index is 13.3. The minimum Gasteiger partial charge on any atom is -0.497 e. The van der Waals surface area contributed by atoms with Crippen LogP contribution in [-0.2, 0) is 22.6 Å². The number of fused-ring (bicyclic) bond motifs is 2. The fraction of sp³-hybridized carbons (Fsp3) is 0.633. The lowest BCUT2D eigenvalue weighted by Crippen LogP contribution is -2.57. The highest BCUT2D eigenvalue weighted by Crippen LogP contribution is 2.62. The first-order valence-electron chi connectivity index (χ1n) is 13.8. The number of carbonyl (C=O) groups is 2. The van der Waals surface area contributed by atoms with Crippen molar-refractivity contribution >= 4 is 28.3 Å². The van der Waals surface area contributed by atoms with E-state index in [1.54, 1.807) is 7.11 Å². The number of carbonyl (C=O) groups excluding carboxylic acids is 2. The normalized spacial score (nSPS) is 28.3. The molecular formula is C30H43N3O5S. The lowest BCUT2D eigenvalue weighted by Gasteiger charge is -2.58. The van der Waals surface area contributed by atoms with Gasteiger partial charge in [0.1, 0.15) is 5.75 Å². The Balaban J connectivity index is 1.61. The summed E-state index contributed by atoms with van der Waals surface area (Å²) in [6.07, 6.45) is 1.94. The van der Waals surface area contributed by atoms with Crippen LogP contribution in [0, 0.1) is 22.2 Å². The third kappa shape index (κ3) is 6.15. The highest BCUT2D eigenvalue weighted by molar-refractivity contribution is 7.15. The van der Waals surface area contributed by atoms with Crippen molar-refractivity contribution in [3.05, 3.63) is 40.4 Å². The summed E-state index contributed by atoms with van der Waals surface area (Å²) in [5.74, 6) is 0.363. The first-order chi connectivity index (χ1) is 18.3. The largest absolute Gasteiger partial charge is 0.497 e. The van der Waals surface area contributed by atoms with Gasteiger partial charge in [-0.3, -0.25) is 9.59 Å². The monoisotopic (exact) mass is 557 g/mol. The first-order valence-corrected chi connectivity index (χ1v) is 14.6. The van der Waals surface area contributed by atoms with Crippen LogP contribution in [0.25, 0.3) is 0 Å². The molecule has 214 valence electrons. The fourth-order valence-corrected chi connectivity index (χ4v) is 7.63. The summed E-state index contributed by atoms with van der Waals surface area (Å²) in [5, 5.41) is 28.0.